The lowest BCUT2D eigenvalue weighted by Gasteiger charge is -2.32. The number of carbonyl (C=O) groups excluding carboxylic acids is 1. The minimum atomic E-state index is -0.00532. The number of hydrogen-bond donors (Lipinski definition) is 1. The van der Waals surface area contributed by atoms with Gasteiger partial charge in [0.2, 0.25) is 5.91 Å². The first-order valence-corrected chi connectivity index (χ1v) is 8.12. The third-order valence-electron chi connectivity index (χ3n) is 3.80. The number of halogens is 1. The summed E-state index contributed by atoms with van der Waals surface area (Å²) in [5, 5.41) is 3.84. The van der Waals surface area contributed by atoms with E-state index < -0.39 is 0 Å². The van der Waals surface area contributed by atoms with Gasteiger partial charge in [0.1, 0.15) is 0 Å². The van der Waals surface area contributed by atoms with Gasteiger partial charge in [0.15, 0.2) is 0 Å². The van der Waals surface area contributed by atoms with E-state index in [1.54, 1.807) is 12.2 Å². The topological polar surface area (TPSA) is 32.3 Å². The predicted molar refractivity (Wildman–Crippen MR) is 91.8 cm³/mol. The van der Waals surface area contributed by atoms with Crippen LogP contribution in [0.25, 0.3) is 0 Å². The van der Waals surface area contributed by atoms with Crippen LogP contribution in [0.15, 0.2) is 48.6 Å². The molecular formula is C18H23ClN2O. The quantitative estimate of drug-likeness (QED) is 0.665. The average molecular weight is 319 g/mol. The van der Waals surface area contributed by atoms with E-state index >= 15 is 0 Å². The zero-order valence-electron chi connectivity index (χ0n) is 13.0. The fraction of sp³-hybridized carbons (Fsp3) is 0.389. The highest BCUT2D eigenvalue weighted by atomic mass is 35.5. The van der Waals surface area contributed by atoms with E-state index in [2.05, 4.69) is 22.3 Å². The minimum absolute atomic E-state index is 0.00532. The van der Waals surface area contributed by atoms with Crippen LogP contribution < -0.4 is 5.32 Å². The zero-order chi connectivity index (χ0) is 15.8. The molecule has 0 saturated carbocycles. The first-order valence-electron chi connectivity index (χ1n) is 7.74. The predicted octanol–water partition coefficient (Wildman–Crippen LogP) is 3.55. The number of nitrogens with zero attached hydrogens (tertiary/aromatic N) is 1. The second-order valence-corrected chi connectivity index (χ2v) is 6.01. The lowest BCUT2D eigenvalue weighted by molar-refractivity contribution is -0.117. The van der Waals surface area contributed by atoms with Gasteiger partial charge in [0, 0.05) is 36.8 Å². The molecule has 1 saturated heterocycles. The van der Waals surface area contributed by atoms with Crippen molar-refractivity contribution < 1.29 is 4.79 Å². The molecule has 1 heterocycles. The number of carbonyl (C=O) groups is 1. The van der Waals surface area contributed by atoms with Crippen LogP contribution in [0.4, 0.5) is 0 Å². The Hall–Kier alpha value is -1.58. The summed E-state index contributed by atoms with van der Waals surface area (Å²) < 4.78 is 0. The molecule has 118 valence electrons. The van der Waals surface area contributed by atoms with Crippen LogP contribution >= 0.6 is 11.6 Å². The summed E-state index contributed by atoms with van der Waals surface area (Å²) >= 11 is 5.90. The molecule has 1 aromatic carbocycles. The highest BCUT2D eigenvalue weighted by Crippen LogP contribution is 2.15. The van der Waals surface area contributed by atoms with Crippen molar-refractivity contribution in [2.45, 2.75) is 32.4 Å². The monoisotopic (exact) mass is 318 g/mol. The van der Waals surface area contributed by atoms with Crippen LogP contribution in [-0.2, 0) is 11.3 Å². The molecule has 0 radical (unpaired) electrons. The molecule has 0 unspecified atom stereocenters. The van der Waals surface area contributed by atoms with E-state index in [9.17, 15) is 4.79 Å². The van der Waals surface area contributed by atoms with E-state index in [4.69, 9.17) is 11.6 Å². The van der Waals surface area contributed by atoms with Gasteiger partial charge in [0.25, 0.3) is 0 Å². The SMILES string of the molecule is C/C=C/C=C/C(=O)NC1CCN(Cc2ccc(Cl)cc2)CC1. The second kappa shape index (κ2) is 8.76. The Kier molecular flexibility index (Phi) is 6.69. The maximum atomic E-state index is 11.7. The Morgan fingerprint density at radius 2 is 1.95 bits per heavy atom. The summed E-state index contributed by atoms with van der Waals surface area (Å²) in [5.74, 6) is -0.00532. The molecule has 1 aliphatic heterocycles. The maximum Gasteiger partial charge on any atom is 0.244 e. The number of piperidine rings is 1. The first-order chi connectivity index (χ1) is 10.7. The minimum Gasteiger partial charge on any atom is -0.350 e. The summed E-state index contributed by atoms with van der Waals surface area (Å²) in [5.41, 5.74) is 1.28. The molecule has 1 fully saturated rings. The zero-order valence-corrected chi connectivity index (χ0v) is 13.7. The van der Waals surface area contributed by atoms with E-state index in [1.165, 1.54) is 5.56 Å². The van der Waals surface area contributed by atoms with Crippen molar-refractivity contribution in [1.29, 1.82) is 0 Å². The van der Waals surface area contributed by atoms with Crippen molar-refractivity contribution in [1.82, 2.24) is 10.2 Å². The Labute approximate surface area is 137 Å². The standard InChI is InChI=1S/C18H23ClN2O/c1-2-3-4-5-18(22)20-17-10-12-21(13-11-17)14-15-6-8-16(19)9-7-15/h2-9,17H,10-14H2,1H3,(H,20,22)/b3-2+,5-4+. The molecule has 1 N–H and O–H groups in total. The Morgan fingerprint density at radius 1 is 1.27 bits per heavy atom. The fourth-order valence-corrected chi connectivity index (χ4v) is 2.71. The molecule has 0 spiro atoms. The van der Waals surface area contributed by atoms with Gasteiger partial charge in [-0.2, -0.15) is 0 Å². The Balaban J connectivity index is 1.73. The van der Waals surface area contributed by atoms with Crippen molar-refractivity contribution >= 4 is 17.5 Å². The molecule has 22 heavy (non-hydrogen) atoms. The molecule has 0 aromatic heterocycles. The van der Waals surface area contributed by atoms with Crippen molar-refractivity contribution in [2.24, 2.45) is 0 Å². The van der Waals surface area contributed by atoms with Crippen LogP contribution in [0.5, 0.6) is 0 Å². The smallest absolute Gasteiger partial charge is 0.244 e. The number of amides is 1. The number of rotatable bonds is 5. The van der Waals surface area contributed by atoms with Crippen molar-refractivity contribution in [3.8, 4) is 0 Å². The van der Waals surface area contributed by atoms with Crippen LogP contribution in [0.2, 0.25) is 5.02 Å². The third kappa shape index (κ3) is 5.66. The molecule has 3 nitrogen and oxygen atoms in total. The van der Waals surface area contributed by atoms with Crippen molar-refractivity contribution in [3.05, 3.63) is 59.2 Å². The van der Waals surface area contributed by atoms with E-state index in [0.29, 0.717) is 0 Å². The molecule has 1 amide bonds. The maximum absolute atomic E-state index is 11.7. The summed E-state index contributed by atoms with van der Waals surface area (Å²) in [6.07, 6.45) is 9.10. The first kappa shape index (κ1) is 16.8. The average Bonchev–Trinajstić information content (AvgIpc) is 2.52. The van der Waals surface area contributed by atoms with Gasteiger partial charge in [-0.25, -0.2) is 0 Å². The number of likely N-dealkylation sites (tertiary alicyclic amines) is 1. The molecular weight excluding hydrogens is 296 g/mol. The third-order valence-corrected chi connectivity index (χ3v) is 4.06. The summed E-state index contributed by atoms with van der Waals surface area (Å²) in [6, 6.07) is 8.29. The molecule has 0 atom stereocenters. The number of hydrogen-bond acceptors (Lipinski definition) is 2. The Bertz CT molecular complexity index is 529. The van der Waals surface area contributed by atoms with Gasteiger partial charge >= 0.3 is 0 Å². The Morgan fingerprint density at radius 3 is 2.59 bits per heavy atom. The number of benzene rings is 1. The molecule has 1 aliphatic rings. The molecule has 0 aliphatic carbocycles. The van der Waals surface area contributed by atoms with Gasteiger partial charge in [-0.3, -0.25) is 9.69 Å². The highest BCUT2D eigenvalue weighted by molar-refractivity contribution is 6.30. The van der Waals surface area contributed by atoms with Gasteiger partial charge in [-0.1, -0.05) is 42.0 Å². The van der Waals surface area contributed by atoms with E-state index in [-0.39, 0.29) is 11.9 Å². The summed E-state index contributed by atoms with van der Waals surface area (Å²) in [7, 11) is 0. The van der Waals surface area contributed by atoms with E-state index in [0.717, 1.165) is 37.5 Å². The largest absolute Gasteiger partial charge is 0.350 e. The number of nitrogens with one attached hydrogen (secondary N) is 1. The molecule has 0 bridgehead atoms. The van der Waals surface area contributed by atoms with Gasteiger partial charge in [-0.05, 0) is 37.5 Å². The molecule has 4 heteroatoms. The van der Waals surface area contributed by atoms with Crippen LogP contribution in [0, 0.1) is 0 Å². The van der Waals surface area contributed by atoms with Crippen molar-refractivity contribution in [2.75, 3.05) is 13.1 Å². The van der Waals surface area contributed by atoms with Gasteiger partial charge in [-0.15, -0.1) is 0 Å². The highest BCUT2D eigenvalue weighted by Gasteiger charge is 2.19. The van der Waals surface area contributed by atoms with Gasteiger partial charge in [0.05, 0.1) is 0 Å². The fourth-order valence-electron chi connectivity index (χ4n) is 2.59. The number of allylic oxidation sites excluding steroid dienone is 3. The van der Waals surface area contributed by atoms with Crippen LogP contribution in [0.3, 0.4) is 0 Å². The molecule has 2 rings (SSSR count). The second-order valence-electron chi connectivity index (χ2n) is 5.57. The summed E-state index contributed by atoms with van der Waals surface area (Å²) in [4.78, 5) is 14.2. The lowest BCUT2D eigenvalue weighted by atomic mass is 10.0. The molecule has 1 aromatic rings. The lowest BCUT2D eigenvalue weighted by Crippen LogP contribution is -2.43. The van der Waals surface area contributed by atoms with Crippen LogP contribution in [0.1, 0.15) is 25.3 Å². The van der Waals surface area contributed by atoms with Gasteiger partial charge < -0.3 is 5.32 Å². The summed E-state index contributed by atoms with van der Waals surface area (Å²) in [6.45, 7) is 4.88. The van der Waals surface area contributed by atoms with E-state index in [1.807, 2.05) is 31.2 Å². The van der Waals surface area contributed by atoms with Crippen molar-refractivity contribution in [3.63, 3.8) is 0 Å². The normalized spacial score (nSPS) is 17.4. The van der Waals surface area contributed by atoms with Crippen LogP contribution in [-0.4, -0.2) is 29.9 Å².